The SMILES string of the molecule is CN=C(NCCCn1cccn1)NCc1nc(C(C)(C)C)cs1.I. The van der Waals surface area contributed by atoms with Crippen LogP contribution < -0.4 is 10.6 Å². The lowest BCUT2D eigenvalue weighted by Crippen LogP contribution is -2.37. The molecule has 0 aromatic carbocycles. The predicted molar refractivity (Wildman–Crippen MR) is 111 cm³/mol. The Morgan fingerprint density at radius 2 is 2.12 bits per heavy atom. The highest BCUT2D eigenvalue weighted by atomic mass is 127. The Morgan fingerprint density at radius 1 is 1.33 bits per heavy atom. The topological polar surface area (TPSA) is 67.1 Å². The summed E-state index contributed by atoms with van der Waals surface area (Å²) in [7, 11) is 1.78. The van der Waals surface area contributed by atoms with E-state index < -0.39 is 0 Å². The van der Waals surface area contributed by atoms with E-state index in [9.17, 15) is 0 Å². The molecule has 0 aliphatic rings. The monoisotopic (exact) mass is 462 g/mol. The van der Waals surface area contributed by atoms with Gasteiger partial charge in [0, 0.05) is 43.3 Å². The number of guanidine groups is 1. The summed E-state index contributed by atoms with van der Waals surface area (Å²) in [5.41, 5.74) is 1.24. The largest absolute Gasteiger partial charge is 0.356 e. The third-order valence-electron chi connectivity index (χ3n) is 3.37. The predicted octanol–water partition coefficient (Wildman–Crippen LogP) is 3.01. The van der Waals surface area contributed by atoms with E-state index in [1.54, 1.807) is 24.6 Å². The summed E-state index contributed by atoms with van der Waals surface area (Å²) in [6.07, 6.45) is 4.77. The Morgan fingerprint density at radius 3 is 2.71 bits per heavy atom. The van der Waals surface area contributed by atoms with Crippen molar-refractivity contribution in [2.45, 2.75) is 45.7 Å². The van der Waals surface area contributed by atoms with Gasteiger partial charge in [0.2, 0.25) is 0 Å². The van der Waals surface area contributed by atoms with Crippen LogP contribution in [0.15, 0.2) is 28.8 Å². The van der Waals surface area contributed by atoms with E-state index >= 15 is 0 Å². The molecule has 2 aromatic heterocycles. The average Bonchev–Trinajstić information content (AvgIpc) is 3.17. The number of aryl methyl sites for hydroxylation is 1. The second-order valence-electron chi connectivity index (χ2n) is 6.35. The first-order valence-corrected chi connectivity index (χ1v) is 8.74. The van der Waals surface area contributed by atoms with E-state index in [1.807, 2.05) is 16.9 Å². The van der Waals surface area contributed by atoms with Crippen molar-refractivity contribution in [3.05, 3.63) is 34.5 Å². The molecule has 0 amide bonds. The lowest BCUT2D eigenvalue weighted by atomic mass is 9.93. The van der Waals surface area contributed by atoms with Crippen molar-refractivity contribution in [3.8, 4) is 0 Å². The fraction of sp³-hybridized carbons (Fsp3) is 0.562. The molecule has 134 valence electrons. The van der Waals surface area contributed by atoms with Crippen LogP contribution in [0.1, 0.15) is 37.9 Å². The minimum absolute atomic E-state index is 0. The third-order valence-corrected chi connectivity index (χ3v) is 4.22. The van der Waals surface area contributed by atoms with E-state index in [1.165, 1.54) is 0 Å². The summed E-state index contributed by atoms with van der Waals surface area (Å²) in [6.45, 7) is 8.99. The first-order chi connectivity index (χ1) is 11.0. The number of rotatable bonds is 6. The van der Waals surface area contributed by atoms with Gasteiger partial charge >= 0.3 is 0 Å². The molecule has 0 saturated carbocycles. The number of nitrogens with zero attached hydrogens (tertiary/aromatic N) is 4. The number of aromatic nitrogens is 3. The minimum atomic E-state index is 0. The molecule has 8 heteroatoms. The van der Waals surface area contributed by atoms with Gasteiger partial charge in [-0.2, -0.15) is 5.10 Å². The Labute approximate surface area is 165 Å². The number of thiazole rings is 1. The van der Waals surface area contributed by atoms with E-state index in [-0.39, 0.29) is 29.4 Å². The smallest absolute Gasteiger partial charge is 0.191 e. The number of hydrogen-bond donors (Lipinski definition) is 2. The Balaban J connectivity index is 0.00000288. The lowest BCUT2D eigenvalue weighted by Gasteiger charge is -2.14. The molecule has 24 heavy (non-hydrogen) atoms. The maximum Gasteiger partial charge on any atom is 0.191 e. The molecule has 0 saturated heterocycles. The van der Waals surface area contributed by atoms with E-state index in [0.717, 1.165) is 36.2 Å². The molecule has 0 atom stereocenters. The second kappa shape index (κ2) is 9.97. The molecule has 2 aromatic rings. The molecular formula is C16H27IN6S. The average molecular weight is 462 g/mol. The van der Waals surface area contributed by atoms with Crippen LogP contribution in [0.2, 0.25) is 0 Å². The molecule has 0 aliphatic carbocycles. The first kappa shape index (κ1) is 20.9. The van der Waals surface area contributed by atoms with E-state index in [4.69, 9.17) is 0 Å². The molecule has 0 aliphatic heterocycles. The molecule has 2 heterocycles. The van der Waals surface area contributed by atoms with Gasteiger partial charge in [-0.05, 0) is 12.5 Å². The fourth-order valence-corrected chi connectivity index (χ4v) is 2.96. The van der Waals surface area contributed by atoms with Crippen molar-refractivity contribution in [3.63, 3.8) is 0 Å². The second-order valence-corrected chi connectivity index (χ2v) is 7.29. The zero-order valence-corrected chi connectivity index (χ0v) is 17.9. The highest BCUT2D eigenvalue weighted by Crippen LogP contribution is 2.23. The van der Waals surface area contributed by atoms with Crippen LogP contribution in [0.3, 0.4) is 0 Å². The minimum Gasteiger partial charge on any atom is -0.356 e. The van der Waals surface area contributed by atoms with E-state index in [0.29, 0.717) is 6.54 Å². The van der Waals surface area contributed by atoms with Gasteiger partial charge in [-0.25, -0.2) is 4.98 Å². The number of halogens is 1. The van der Waals surface area contributed by atoms with Gasteiger partial charge in [-0.15, -0.1) is 35.3 Å². The van der Waals surface area contributed by atoms with E-state index in [2.05, 4.69) is 51.9 Å². The molecule has 2 N–H and O–H groups in total. The summed E-state index contributed by atoms with van der Waals surface area (Å²) >= 11 is 1.69. The van der Waals surface area contributed by atoms with Gasteiger partial charge < -0.3 is 10.6 Å². The van der Waals surface area contributed by atoms with Crippen molar-refractivity contribution in [2.24, 2.45) is 4.99 Å². The summed E-state index contributed by atoms with van der Waals surface area (Å²) in [6, 6.07) is 1.94. The molecular weight excluding hydrogens is 435 g/mol. The third kappa shape index (κ3) is 6.76. The first-order valence-electron chi connectivity index (χ1n) is 7.86. The molecule has 0 spiro atoms. The Hall–Kier alpha value is -1.16. The fourth-order valence-electron chi connectivity index (χ4n) is 2.00. The van der Waals surface area contributed by atoms with Crippen LogP contribution in [0.25, 0.3) is 0 Å². The van der Waals surface area contributed by atoms with Gasteiger partial charge in [-0.3, -0.25) is 9.67 Å². The molecule has 0 bridgehead atoms. The standard InChI is InChI=1S/C16H26N6S.HI/c1-16(2,3)13-12-23-14(21-13)11-19-15(17-4)18-7-5-9-22-10-6-8-20-22;/h6,8,10,12H,5,7,9,11H2,1-4H3,(H2,17,18,19);1H. The molecule has 0 radical (unpaired) electrons. The van der Waals surface area contributed by atoms with Crippen LogP contribution in [-0.2, 0) is 18.5 Å². The normalized spacial score (nSPS) is 11.9. The zero-order valence-electron chi connectivity index (χ0n) is 14.7. The lowest BCUT2D eigenvalue weighted by molar-refractivity contribution is 0.567. The van der Waals surface area contributed by atoms with Crippen LogP contribution in [0.5, 0.6) is 0 Å². The van der Waals surface area contributed by atoms with Crippen LogP contribution in [0, 0.1) is 0 Å². The van der Waals surface area contributed by atoms with Gasteiger partial charge in [0.25, 0.3) is 0 Å². The maximum atomic E-state index is 4.68. The van der Waals surface area contributed by atoms with Crippen molar-refractivity contribution in [1.29, 1.82) is 0 Å². The van der Waals surface area contributed by atoms with Crippen LogP contribution in [0.4, 0.5) is 0 Å². The number of nitrogens with one attached hydrogen (secondary N) is 2. The molecule has 0 fully saturated rings. The Bertz CT molecular complexity index is 615. The molecule has 6 nitrogen and oxygen atoms in total. The van der Waals surface area contributed by atoms with Crippen molar-refractivity contribution in [2.75, 3.05) is 13.6 Å². The van der Waals surface area contributed by atoms with Crippen molar-refractivity contribution >= 4 is 41.3 Å². The van der Waals surface area contributed by atoms with Crippen molar-refractivity contribution < 1.29 is 0 Å². The van der Waals surface area contributed by atoms with Crippen LogP contribution >= 0.6 is 35.3 Å². The zero-order chi connectivity index (χ0) is 16.7. The molecule has 2 rings (SSSR count). The highest BCUT2D eigenvalue weighted by molar-refractivity contribution is 14.0. The summed E-state index contributed by atoms with van der Waals surface area (Å²) < 4.78 is 1.93. The summed E-state index contributed by atoms with van der Waals surface area (Å²) in [5, 5.41) is 14.0. The summed E-state index contributed by atoms with van der Waals surface area (Å²) in [4.78, 5) is 8.92. The molecule has 0 unspecified atom stereocenters. The van der Waals surface area contributed by atoms with Gasteiger partial charge in [-0.1, -0.05) is 20.8 Å². The van der Waals surface area contributed by atoms with Crippen molar-refractivity contribution in [1.82, 2.24) is 25.4 Å². The van der Waals surface area contributed by atoms with Crippen LogP contribution in [-0.4, -0.2) is 34.3 Å². The number of hydrogen-bond acceptors (Lipinski definition) is 4. The highest BCUT2D eigenvalue weighted by Gasteiger charge is 2.17. The number of aliphatic imine (C=N–C) groups is 1. The Kier molecular flexibility index (Phi) is 8.68. The maximum absolute atomic E-state index is 4.68. The van der Waals surface area contributed by atoms with Gasteiger partial charge in [0.15, 0.2) is 5.96 Å². The summed E-state index contributed by atoms with van der Waals surface area (Å²) in [5.74, 6) is 0.804. The quantitative estimate of drug-likeness (QED) is 0.300. The van der Waals surface area contributed by atoms with Gasteiger partial charge in [0.1, 0.15) is 5.01 Å². The van der Waals surface area contributed by atoms with Gasteiger partial charge in [0.05, 0.1) is 12.2 Å².